The minimum Gasteiger partial charge on any atom is -0.497 e. The number of rotatable bonds is 7. The van der Waals surface area contributed by atoms with Crippen molar-refractivity contribution in [2.24, 2.45) is 5.84 Å². The Kier molecular flexibility index (Phi) is 6.23. The Morgan fingerprint density at radius 3 is 2.48 bits per heavy atom. The molecule has 112 valence electrons. The van der Waals surface area contributed by atoms with Crippen LogP contribution in [0.3, 0.4) is 0 Å². The molecule has 2 rings (SSSR count). The number of halogens is 1. The number of methoxy groups -OCH3 is 1. The van der Waals surface area contributed by atoms with Gasteiger partial charge < -0.3 is 4.74 Å². The number of hydrazine groups is 1. The lowest BCUT2D eigenvalue weighted by Crippen LogP contribution is -2.37. The van der Waals surface area contributed by atoms with Gasteiger partial charge in [-0.1, -0.05) is 46.3 Å². The van der Waals surface area contributed by atoms with E-state index in [4.69, 9.17) is 10.6 Å². The molecule has 2 aromatic rings. The summed E-state index contributed by atoms with van der Waals surface area (Å²) in [6, 6.07) is 16.7. The monoisotopic (exact) mass is 348 g/mol. The van der Waals surface area contributed by atoms with Crippen molar-refractivity contribution in [1.29, 1.82) is 0 Å². The Labute approximate surface area is 134 Å². The Morgan fingerprint density at radius 2 is 1.86 bits per heavy atom. The van der Waals surface area contributed by atoms with E-state index in [0.717, 1.165) is 29.5 Å². The largest absolute Gasteiger partial charge is 0.497 e. The summed E-state index contributed by atoms with van der Waals surface area (Å²) in [6.45, 7) is 0. The van der Waals surface area contributed by atoms with Crippen molar-refractivity contribution in [2.45, 2.75) is 25.3 Å². The lowest BCUT2D eigenvalue weighted by Gasteiger charge is -2.17. The van der Waals surface area contributed by atoms with Crippen LogP contribution in [-0.2, 0) is 12.8 Å². The summed E-state index contributed by atoms with van der Waals surface area (Å²) >= 11 is 3.58. The number of benzene rings is 2. The van der Waals surface area contributed by atoms with E-state index in [1.807, 2.05) is 18.2 Å². The molecule has 4 heteroatoms. The number of aryl methyl sites for hydroxylation is 1. The molecule has 2 aromatic carbocycles. The Morgan fingerprint density at radius 1 is 1.14 bits per heavy atom. The van der Waals surface area contributed by atoms with Crippen LogP contribution in [0, 0.1) is 0 Å². The molecular weight excluding hydrogens is 328 g/mol. The molecule has 0 saturated carbocycles. The van der Waals surface area contributed by atoms with Crippen molar-refractivity contribution in [1.82, 2.24) is 5.43 Å². The summed E-state index contributed by atoms with van der Waals surface area (Å²) in [5.41, 5.74) is 5.49. The molecule has 0 fully saturated rings. The number of nitrogens with one attached hydrogen (secondary N) is 1. The fourth-order valence-electron chi connectivity index (χ4n) is 2.31. The van der Waals surface area contributed by atoms with Crippen LogP contribution in [0.2, 0.25) is 0 Å². The third kappa shape index (κ3) is 4.84. The van der Waals surface area contributed by atoms with Gasteiger partial charge in [-0.25, -0.2) is 0 Å². The van der Waals surface area contributed by atoms with Crippen LogP contribution in [-0.4, -0.2) is 13.2 Å². The van der Waals surface area contributed by atoms with Crippen molar-refractivity contribution >= 4 is 15.9 Å². The second-order valence-electron chi connectivity index (χ2n) is 5.05. The zero-order valence-electron chi connectivity index (χ0n) is 12.2. The smallest absolute Gasteiger partial charge is 0.118 e. The maximum absolute atomic E-state index is 5.70. The first kappa shape index (κ1) is 16.0. The van der Waals surface area contributed by atoms with Crippen molar-refractivity contribution in [3.05, 3.63) is 64.1 Å². The fourth-order valence-corrected chi connectivity index (χ4v) is 2.75. The van der Waals surface area contributed by atoms with Crippen LogP contribution in [0.25, 0.3) is 0 Å². The maximum atomic E-state index is 5.70. The first-order valence-electron chi connectivity index (χ1n) is 7.05. The summed E-state index contributed by atoms with van der Waals surface area (Å²) in [5, 5.41) is 0. The van der Waals surface area contributed by atoms with E-state index < -0.39 is 0 Å². The molecule has 0 amide bonds. The molecule has 0 saturated heterocycles. The molecule has 0 bridgehead atoms. The van der Waals surface area contributed by atoms with Gasteiger partial charge in [0.1, 0.15) is 5.75 Å². The first-order valence-corrected chi connectivity index (χ1v) is 7.84. The molecule has 1 atom stereocenters. The highest BCUT2D eigenvalue weighted by molar-refractivity contribution is 9.10. The average molecular weight is 349 g/mol. The normalized spacial score (nSPS) is 12.1. The zero-order valence-corrected chi connectivity index (χ0v) is 13.8. The van der Waals surface area contributed by atoms with Gasteiger partial charge in [-0.15, -0.1) is 0 Å². The maximum Gasteiger partial charge on any atom is 0.118 e. The number of nitrogens with two attached hydrogens (primary N) is 1. The van der Waals surface area contributed by atoms with Gasteiger partial charge in [0.15, 0.2) is 0 Å². The summed E-state index contributed by atoms with van der Waals surface area (Å²) in [7, 11) is 1.68. The molecule has 1 unspecified atom stereocenters. The van der Waals surface area contributed by atoms with E-state index in [-0.39, 0.29) is 6.04 Å². The second kappa shape index (κ2) is 8.17. The van der Waals surface area contributed by atoms with Gasteiger partial charge >= 0.3 is 0 Å². The Balaban J connectivity index is 1.91. The van der Waals surface area contributed by atoms with E-state index in [0.29, 0.717) is 0 Å². The Bertz CT molecular complexity index is 557. The van der Waals surface area contributed by atoms with Gasteiger partial charge in [0.25, 0.3) is 0 Å². The molecule has 0 spiro atoms. The van der Waals surface area contributed by atoms with Gasteiger partial charge in [-0.3, -0.25) is 11.3 Å². The molecule has 0 aromatic heterocycles. The minimum atomic E-state index is 0.255. The third-order valence-electron chi connectivity index (χ3n) is 3.60. The Hall–Kier alpha value is -1.36. The first-order chi connectivity index (χ1) is 10.2. The molecule has 21 heavy (non-hydrogen) atoms. The molecule has 0 radical (unpaired) electrons. The van der Waals surface area contributed by atoms with Gasteiger partial charge in [0.05, 0.1) is 7.11 Å². The average Bonchev–Trinajstić information content (AvgIpc) is 2.53. The number of hydrogen-bond acceptors (Lipinski definition) is 3. The van der Waals surface area contributed by atoms with Gasteiger partial charge in [-0.05, 0) is 48.6 Å². The van der Waals surface area contributed by atoms with Gasteiger partial charge in [0, 0.05) is 10.5 Å². The van der Waals surface area contributed by atoms with E-state index in [1.54, 1.807) is 7.11 Å². The van der Waals surface area contributed by atoms with E-state index in [1.165, 1.54) is 11.1 Å². The topological polar surface area (TPSA) is 47.3 Å². The van der Waals surface area contributed by atoms with Crippen LogP contribution < -0.4 is 16.0 Å². The predicted octanol–water partition coefficient (Wildman–Crippen LogP) is 3.46. The molecule has 0 aliphatic rings. The minimum absolute atomic E-state index is 0.255. The van der Waals surface area contributed by atoms with Crippen LogP contribution >= 0.6 is 15.9 Å². The van der Waals surface area contributed by atoms with Crippen molar-refractivity contribution < 1.29 is 4.74 Å². The fraction of sp³-hybridized carbons (Fsp3) is 0.294. The molecular formula is C17H21BrN2O. The molecule has 3 N–H and O–H groups in total. The lowest BCUT2D eigenvalue weighted by atomic mass is 9.99. The molecule has 3 nitrogen and oxygen atoms in total. The predicted molar refractivity (Wildman–Crippen MR) is 90.3 cm³/mol. The number of hydrogen-bond donors (Lipinski definition) is 2. The highest BCUT2D eigenvalue weighted by Crippen LogP contribution is 2.19. The van der Waals surface area contributed by atoms with E-state index in [9.17, 15) is 0 Å². The molecule has 0 aliphatic heterocycles. The van der Waals surface area contributed by atoms with Crippen molar-refractivity contribution in [3.8, 4) is 5.75 Å². The van der Waals surface area contributed by atoms with Gasteiger partial charge in [0.2, 0.25) is 0 Å². The molecule has 0 heterocycles. The lowest BCUT2D eigenvalue weighted by molar-refractivity contribution is 0.414. The van der Waals surface area contributed by atoms with Gasteiger partial charge in [-0.2, -0.15) is 0 Å². The van der Waals surface area contributed by atoms with E-state index >= 15 is 0 Å². The highest BCUT2D eigenvalue weighted by Gasteiger charge is 2.10. The number of ether oxygens (including phenoxy) is 1. The SMILES string of the molecule is COc1ccc(CCC(Cc2ccccc2Br)NN)cc1. The summed E-state index contributed by atoms with van der Waals surface area (Å²) < 4.78 is 6.30. The molecule has 0 aliphatic carbocycles. The summed E-state index contributed by atoms with van der Waals surface area (Å²) in [6.07, 6.45) is 2.89. The highest BCUT2D eigenvalue weighted by atomic mass is 79.9. The third-order valence-corrected chi connectivity index (χ3v) is 4.37. The van der Waals surface area contributed by atoms with Crippen LogP contribution in [0.5, 0.6) is 5.75 Å². The summed E-state index contributed by atoms with van der Waals surface area (Å²) in [4.78, 5) is 0. The van der Waals surface area contributed by atoms with Crippen LogP contribution in [0.4, 0.5) is 0 Å². The summed E-state index contributed by atoms with van der Waals surface area (Å²) in [5.74, 6) is 6.58. The van der Waals surface area contributed by atoms with Crippen LogP contribution in [0.15, 0.2) is 53.0 Å². The second-order valence-corrected chi connectivity index (χ2v) is 5.90. The standard InChI is InChI=1S/C17H21BrN2O/c1-21-16-10-7-13(8-11-16)6-9-15(20-19)12-14-4-2-3-5-17(14)18/h2-5,7-8,10-11,15,20H,6,9,12,19H2,1H3. The van der Waals surface area contributed by atoms with Crippen molar-refractivity contribution in [3.63, 3.8) is 0 Å². The van der Waals surface area contributed by atoms with Crippen LogP contribution in [0.1, 0.15) is 17.5 Å². The van der Waals surface area contributed by atoms with E-state index in [2.05, 4.69) is 51.7 Å². The van der Waals surface area contributed by atoms with Crippen molar-refractivity contribution in [2.75, 3.05) is 7.11 Å². The zero-order chi connectivity index (χ0) is 15.1. The quantitative estimate of drug-likeness (QED) is 0.594.